The van der Waals surface area contributed by atoms with Crippen molar-refractivity contribution in [2.75, 3.05) is 49.7 Å². The maximum absolute atomic E-state index is 13.4. The summed E-state index contributed by atoms with van der Waals surface area (Å²) in [6.07, 6.45) is -1.18. The zero-order valence-corrected chi connectivity index (χ0v) is 44.0. The minimum atomic E-state index is -4.64. The van der Waals surface area contributed by atoms with Gasteiger partial charge in [-0.1, -0.05) is 42.1 Å². The highest BCUT2D eigenvalue weighted by Gasteiger charge is 2.38. The summed E-state index contributed by atoms with van der Waals surface area (Å²) in [5, 5.41) is 3.90. The van der Waals surface area contributed by atoms with Crippen LogP contribution in [-0.4, -0.2) is 98.0 Å². The van der Waals surface area contributed by atoms with E-state index in [2.05, 4.69) is 98.3 Å². The Labute approximate surface area is 451 Å². The summed E-state index contributed by atoms with van der Waals surface area (Å²) >= 11 is 4.10. The van der Waals surface area contributed by atoms with Crippen LogP contribution in [0.5, 0.6) is 0 Å². The summed E-state index contributed by atoms with van der Waals surface area (Å²) in [4.78, 5) is 58.3. The number of nitrogens with one attached hydrogen (secondary N) is 1. The lowest BCUT2D eigenvalue weighted by Crippen LogP contribution is -2.46. The van der Waals surface area contributed by atoms with Gasteiger partial charge in [0.2, 0.25) is 5.95 Å². The molecule has 10 rings (SSSR count). The molecule has 16 nitrogen and oxygen atoms in total. The third-order valence-corrected chi connectivity index (χ3v) is 14.0. The van der Waals surface area contributed by atoms with Crippen molar-refractivity contribution in [3.63, 3.8) is 0 Å². The number of pyridine rings is 3. The first kappa shape index (κ1) is 56.8. The van der Waals surface area contributed by atoms with E-state index in [1.165, 1.54) is 130 Å². The van der Waals surface area contributed by atoms with E-state index in [1.807, 2.05) is 12.1 Å². The monoisotopic (exact) mass is 1170 g/mol. The Morgan fingerprint density at radius 2 is 1.09 bits per heavy atom. The number of hydrogen-bond acceptors (Lipinski definition) is 13. The summed E-state index contributed by atoms with van der Waals surface area (Å²) in [5.74, 6) is 0.0553. The second kappa shape index (κ2) is 23.3. The van der Waals surface area contributed by atoms with E-state index in [4.69, 9.17) is 0 Å². The molecule has 78 heavy (non-hydrogen) atoms. The Hall–Kier alpha value is -7.39. The summed E-state index contributed by atoms with van der Waals surface area (Å²) in [5.41, 5.74) is -1.17. The third kappa shape index (κ3) is 12.8. The lowest BCUT2D eigenvalue weighted by atomic mass is 9.71. The van der Waals surface area contributed by atoms with Gasteiger partial charge in [0.05, 0.1) is 13.1 Å². The maximum Gasteiger partial charge on any atom is 0.433 e. The van der Waals surface area contributed by atoms with Crippen LogP contribution in [0.4, 0.5) is 56.8 Å². The van der Waals surface area contributed by atoms with Crippen molar-refractivity contribution in [1.82, 2.24) is 58.5 Å². The molecule has 27 heteroatoms. The number of hydrogen-bond donors (Lipinski definition) is 1. The molecule has 0 aliphatic carbocycles. The number of likely N-dealkylation sites (tertiary alicyclic amines) is 1. The Morgan fingerprint density at radius 1 is 0.628 bits per heavy atom. The van der Waals surface area contributed by atoms with Gasteiger partial charge >= 0.3 is 18.5 Å². The molecule has 0 saturated carbocycles. The maximum atomic E-state index is 13.4. The standard InChI is InChI=1S/C30H33F3N8O.C15H12F3N5OS.C6H3BrF3N/c1-3-15-40-27(42)23-20-34-28(37-26(23)41(40)25-6-4-5-24(36-25)30(31,32)33)35-21-7-9-22(10-8-21)39-18-13-29(14-19-39)11-16-38(2)17-12-29;1-3-7-22-13(24)9-8-19-14(25-2)21-12(9)23(22)11-6-4-5-10(20-11)15(16,17)18;7-5-3-1-2-4(11-5)6(8,9)10/h3-10,20H,1,11-19H2,2H3,(H,34,35,37);3-6,8H,1,7H2,2H3;1-3H. The first-order valence-electron chi connectivity index (χ1n) is 23.8. The van der Waals surface area contributed by atoms with Crippen molar-refractivity contribution < 1.29 is 39.5 Å². The van der Waals surface area contributed by atoms with Gasteiger partial charge in [-0.25, -0.2) is 48.6 Å². The molecule has 0 unspecified atom stereocenters. The van der Waals surface area contributed by atoms with Crippen LogP contribution in [0.2, 0.25) is 0 Å². The number of aromatic nitrogens is 11. The highest BCUT2D eigenvalue weighted by Crippen LogP contribution is 2.42. The van der Waals surface area contributed by atoms with E-state index >= 15 is 0 Å². The molecule has 2 fully saturated rings. The van der Waals surface area contributed by atoms with Gasteiger partial charge in [0, 0.05) is 36.9 Å². The van der Waals surface area contributed by atoms with Gasteiger partial charge in [-0.2, -0.15) is 44.5 Å². The number of thioether (sulfide) groups is 1. The minimum Gasteiger partial charge on any atom is -0.371 e. The summed E-state index contributed by atoms with van der Waals surface area (Å²) in [6.45, 7) is 11.8. The van der Waals surface area contributed by atoms with Crippen molar-refractivity contribution in [3.05, 3.63) is 159 Å². The fraction of sp³-hybridized carbons (Fsp3) is 0.314. The molecular formula is C51H48BrF9N14O2S. The molecule has 0 radical (unpaired) electrons. The van der Waals surface area contributed by atoms with Crippen molar-refractivity contribution in [2.45, 2.75) is 62.5 Å². The van der Waals surface area contributed by atoms with Crippen LogP contribution < -0.4 is 21.3 Å². The first-order chi connectivity index (χ1) is 37.0. The van der Waals surface area contributed by atoms with E-state index in [0.717, 1.165) is 42.7 Å². The van der Waals surface area contributed by atoms with Crippen LogP contribution in [-0.2, 0) is 31.6 Å². The average Bonchev–Trinajstić information content (AvgIpc) is 4.04. The van der Waals surface area contributed by atoms with E-state index in [9.17, 15) is 49.1 Å². The number of fused-ring (bicyclic) bond motifs is 2. The number of alkyl halides is 9. The van der Waals surface area contributed by atoms with E-state index in [1.54, 1.807) is 6.26 Å². The fourth-order valence-electron chi connectivity index (χ4n) is 8.92. The van der Waals surface area contributed by atoms with Crippen molar-refractivity contribution in [3.8, 4) is 11.6 Å². The fourth-order valence-corrected chi connectivity index (χ4v) is 9.60. The zero-order chi connectivity index (χ0) is 56.2. The minimum absolute atomic E-state index is 0.0476. The number of allylic oxidation sites excluding steroid dienone is 2. The number of anilines is 3. The second-order valence-electron chi connectivity index (χ2n) is 18.1. The van der Waals surface area contributed by atoms with Gasteiger partial charge in [0.1, 0.15) is 32.5 Å². The van der Waals surface area contributed by atoms with Gasteiger partial charge in [0.25, 0.3) is 11.1 Å². The molecular weight excluding hydrogens is 1120 g/mol. The van der Waals surface area contributed by atoms with Gasteiger partial charge in [-0.3, -0.25) is 9.59 Å². The molecule has 2 aliphatic heterocycles. The van der Waals surface area contributed by atoms with Gasteiger partial charge in [-0.05, 0) is 134 Å². The van der Waals surface area contributed by atoms with Gasteiger partial charge < -0.3 is 15.1 Å². The summed E-state index contributed by atoms with van der Waals surface area (Å²) in [7, 11) is 2.20. The largest absolute Gasteiger partial charge is 0.433 e. The molecule has 2 aliphatic rings. The first-order valence-corrected chi connectivity index (χ1v) is 25.9. The SMILES string of the molecule is C=CCn1c(=O)c2cnc(Nc3ccc(N4CCC5(CCN(C)CC5)CC4)cc3)nc2n1-c1cccc(C(F)(F)F)n1.C=CCn1c(=O)c2cnc(SC)nc2n1-c1cccc(C(F)(F)F)n1.FC(F)(F)c1cccc(Br)n1. The summed E-state index contributed by atoms with van der Waals surface area (Å²) < 4.78 is 120. The van der Waals surface area contributed by atoms with Crippen LogP contribution in [0.3, 0.4) is 0 Å². The van der Waals surface area contributed by atoms with E-state index in [0.29, 0.717) is 10.6 Å². The Morgan fingerprint density at radius 3 is 1.55 bits per heavy atom. The average molecular weight is 1170 g/mol. The zero-order valence-electron chi connectivity index (χ0n) is 41.6. The number of halogens is 10. The molecule has 2 saturated heterocycles. The predicted octanol–water partition coefficient (Wildman–Crippen LogP) is 11.0. The smallest absolute Gasteiger partial charge is 0.371 e. The van der Waals surface area contributed by atoms with E-state index < -0.39 is 46.7 Å². The summed E-state index contributed by atoms with van der Waals surface area (Å²) in [6, 6.07) is 18.7. The predicted molar refractivity (Wildman–Crippen MR) is 281 cm³/mol. The van der Waals surface area contributed by atoms with Crippen LogP contribution in [0.15, 0.2) is 136 Å². The van der Waals surface area contributed by atoms with E-state index in [-0.39, 0.29) is 57.3 Å². The van der Waals surface area contributed by atoms with Crippen molar-refractivity contribution >= 4 is 67.1 Å². The van der Waals surface area contributed by atoms with Crippen molar-refractivity contribution in [2.24, 2.45) is 5.41 Å². The molecule has 0 amide bonds. The molecule has 0 bridgehead atoms. The lowest BCUT2D eigenvalue weighted by molar-refractivity contribution is -0.142. The molecule has 9 heterocycles. The quantitative estimate of drug-likeness (QED) is 0.0453. The van der Waals surface area contributed by atoms with Gasteiger partial charge in [0.15, 0.2) is 28.1 Å². The highest BCUT2D eigenvalue weighted by molar-refractivity contribution is 9.10. The molecule has 410 valence electrons. The molecule has 1 aromatic carbocycles. The number of nitrogens with zero attached hydrogens (tertiary/aromatic N) is 13. The normalized spacial score (nSPS) is 14.9. The number of benzene rings is 1. The highest BCUT2D eigenvalue weighted by atomic mass is 79.9. The topological polar surface area (TPSA) is 163 Å². The number of rotatable bonds is 10. The Kier molecular flexibility index (Phi) is 17.0. The third-order valence-electron chi connectivity index (χ3n) is 13.0. The van der Waals surface area contributed by atoms with Crippen LogP contribution >= 0.6 is 27.7 Å². The van der Waals surface area contributed by atoms with Gasteiger partial charge in [-0.15, -0.1) is 13.2 Å². The van der Waals surface area contributed by atoms with Crippen LogP contribution in [0.1, 0.15) is 42.8 Å². The number of piperidine rings is 2. The van der Waals surface area contributed by atoms with Crippen LogP contribution in [0.25, 0.3) is 33.7 Å². The molecule has 8 aromatic rings. The Bertz CT molecular complexity index is 3560. The van der Waals surface area contributed by atoms with Crippen molar-refractivity contribution in [1.29, 1.82) is 0 Å². The molecule has 7 aromatic heterocycles. The molecule has 0 atom stereocenters. The van der Waals surface area contributed by atoms with Crippen LogP contribution in [0, 0.1) is 5.41 Å². The Balaban J connectivity index is 0.000000187. The molecule has 1 N–H and O–H groups in total. The lowest BCUT2D eigenvalue weighted by Gasteiger charge is -2.46. The second-order valence-corrected chi connectivity index (χ2v) is 19.6. The molecule has 1 spiro atoms.